The number of nitrogens with one attached hydrogen (secondary N) is 1. The first kappa shape index (κ1) is 17.9. The van der Waals surface area contributed by atoms with Crippen molar-refractivity contribution in [1.82, 2.24) is 19.5 Å². The summed E-state index contributed by atoms with van der Waals surface area (Å²) in [7, 11) is 0. The normalized spacial score (nSPS) is 11.5. The van der Waals surface area contributed by atoms with E-state index in [1.807, 2.05) is 42.6 Å². The second kappa shape index (κ2) is 7.11. The average molecular weight is 420 g/mol. The van der Waals surface area contributed by atoms with Crippen molar-refractivity contribution in [2.75, 3.05) is 0 Å². The van der Waals surface area contributed by atoms with Gasteiger partial charge < -0.3 is 4.98 Å². The number of rotatable bonds is 3. The Morgan fingerprint density at radius 3 is 2.61 bits per heavy atom. The minimum absolute atomic E-state index is 0.0815. The number of nitrogens with zero attached hydrogens (tertiary/aromatic N) is 3. The third-order valence-electron chi connectivity index (χ3n) is 5.32. The molecule has 4 heterocycles. The van der Waals surface area contributed by atoms with Crippen LogP contribution in [0.3, 0.4) is 0 Å². The molecule has 0 amide bonds. The van der Waals surface area contributed by atoms with E-state index in [0.717, 1.165) is 32.3 Å². The van der Waals surface area contributed by atoms with Gasteiger partial charge in [0.1, 0.15) is 16.4 Å². The first-order valence-electron chi connectivity index (χ1n) is 9.89. The van der Waals surface area contributed by atoms with E-state index in [0.29, 0.717) is 5.52 Å². The minimum atomic E-state index is -0.0815. The zero-order chi connectivity index (χ0) is 20.8. The molecule has 0 radical (unpaired) electrons. The molecule has 6 rings (SSSR count). The fourth-order valence-corrected chi connectivity index (χ4v) is 4.78. The maximum Gasteiger partial charge on any atom is 0.207 e. The Balaban J connectivity index is 1.52. The second-order valence-electron chi connectivity index (χ2n) is 7.21. The van der Waals surface area contributed by atoms with Crippen molar-refractivity contribution in [2.24, 2.45) is 0 Å². The Hall–Kier alpha value is -3.90. The molecule has 0 bridgehead atoms. The van der Waals surface area contributed by atoms with E-state index < -0.39 is 0 Å². The Labute approximate surface area is 181 Å². The van der Waals surface area contributed by atoms with Crippen molar-refractivity contribution in [3.63, 3.8) is 0 Å². The van der Waals surface area contributed by atoms with Gasteiger partial charge in [-0.05, 0) is 42.5 Å². The lowest BCUT2D eigenvalue weighted by atomic mass is 10.2. The van der Waals surface area contributed by atoms with Crippen molar-refractivity contribution in [3.8, 4) is 5.82 Å². The number of aromatic amines is 1. The van der Waals surface area contributed by atoms with E-state index in [1.54, 1.807) is 18.0 Å². The molecule has 4 aromatic heterocycles. The van der Waals surface area contributed by atoms with Gasteiger partial charge in [-0.25, -0.2) is 9.97 Å². The summed E-state index contributed by atoms with van der Waals surface area (Å²) in [4.78, 5) is 25.4. The quantitative estimate of drug-likeness (QED) is 0.407. The number of hydrogen-bond donors (Lipinski definition) is 1. The zero-order valence-corrected chi connectivity index (χ0v) is 17.1. The molecular weight excluding hydrogens is 404 g/mol. The Kier molecular flexibility index (Phi) is 4.11. The fraction of sp³-hybridized carbons (Fsp3) is 0. The highest BCUT2D eigenvalue weighted by Crippen LogP contribution is 2.35. The standard InChI is InChI=1S/C25H16N4OS/c30-22-12-14-26-19-10-11-24(28-25(19)22)31-16-8-9-18-17-5-1-2-6-20(17)29(21(18)15-16)23-7-3-4-13-27-23/h1-15H,(H,26,30). The van der Waals surface area contributed by atoms with E-state index in [9.17, 15) is 4.79 Å². The van der Waals surface area contributed by atoms with Gasteiger partial charge in [-0.15, -0.1) is 0 Å². The predicted octanol–water partition coefficient (Wildman–Crippen LogP) is 5.57. The van der Waals surface area contributed by atoms with Gasteiger partial charge in [0.25, 0.3) is 0 Å². The van der Waals surface area contributed by atoms with Gasteiger partial charge in [-0.1, -0.05) is 42.1 Å². The molecule has 0 saturated heterocycles. The van der Waals surface area contributed by atoms with Crippen LogP contribution in [-0.2, 0) is 0 Å². The van der Waals surface area contributed by atoms with Crippen LogP contribution in [0.5, 0.6) is 0 Å². The van der Waals surface area contributed by atoms with E-state index in [2.05, 4.69) is 55.9 Å². The number of hydrogen-bond acceptors (Lipinski definition) is 4. The maximum absolute atomic E-state index is 12.2. The third kappa shape index (κ3) is 3.00. The van der Waals surface area contributed by atoms with Crippen molar-refractivity contribution in [3.05, 3.63) is 101 Å². The van der Waals surface area contributed by atoms with Crippen LogP contribution in [0.1, 0.15) is 0 Å². The summed E-state index contributed by atoms with van der Waals surface area (Å²) >= 11 is 1.54. The molecule has 0 atom stereocenters. The molecule has 5 nitrogen and oxygen atoms in total. The summed E-state index contributed by atoms with van der Waals surface area (Å²) in [5.74, 6) is 0.881. The van der Waals surface area contributed by atoms with Crippen LogP contribution in [0.25, 0.3) is 38.7 Å². The van der Waals surface area contributed by atoms with Gasteiger partial charge in [0.05, 0.1) is 16.6 Å². The molecule has 148 valence electrons. The SMILES string of the molecule is O=c1cc[nH]c2ccc(Sc3ccc4c5ccccc5n(-c5ccccn5)c4c3)nc12. The average Bonchev–Trinajstić information content (AvgIpc) is 3.14. The van der Waals surface area contributed by atoms with Crippen LogP contribution >= 0.6 is 11.8 Å². The number of aromatic nitrogens is 4. The molecule has 2 aromatic carbocycles. The van der Waals surface area contributed by atoms with Crippen LogP contribution < -0.4 is 5.43 Å². The lowest BCUT2D eigenvalue weighted by Crippen LogP contribution is -2.02. The molecule has 6 heteroatoms. The number of benzene rings is 2. The van der Waals surface area contributed by atoms with Gasteiger partial charge in [0.2, 0.25) is 5.43 Å². The number of fused-ring (bicyclic) bond motifs is 4. The summed E-state index contributed by atoms with van der Waals surface area (Å²) in [5.41, 5.74) is 3.32. The highest BCUT2D eigenvalue weighted by atomic mass is 32.2. The van der Waals surface area contributed by atoms with Gasteiger partial charge in [-0.3, -0.25) is 9.36 Å². The van der Waals surface area contributed by atoms with Gasteiger partial charge in [0.15, 0.2) is 0 Å². The molecule has 0 unspecified atom stereocenters. The molecular formula is C25H16N4OS. The summed E-state index contributed by atoms with van der Waals surface area (Å²) in [6.07, 6.45) is 3.45. The van der Waals surface area contributed by atoms with Crippen LogP contribution in [0.2, 0.25) is 0 Å². The predicted molar refractivity (Wildman–Crippen MR) is 125 cm³/mol. The number of pyridine rings is 3. The highest BCUT2D eigenvalue weighted by molar-refractivity contribution is 7.99. The number of para-hydroxylation sites is 1. The third-order valence-corrected chi connectivity index (χ3v) is 6.25. The highest BCUT2D eigenvalue weighted by Gasteiger charge is 2.13. The van der Waals surface area contributed by atoms with Crippen molar-refractivity contribution < 1.29 is 0 Å². The molecule has 31 heavy (non-hydrogen) atoms. The Morgan fingerprint density at radius 2 is 1.71 bits per heavy atom. The number of H-pyrrole nitrogens is 1. The molecule has 0 aliphatic rings. The smallest absolute Gasteiger partial charge is 0.207 e. The Bertz CT molecular complexity index is 1640. The van der Waals surface area contributed by atoms with Crippen molar-refractivity contribution >= 4 is 44.6 Å². The van der Waals surface area contributed by atoms with E-state index in [4.69, 9.17) is 0 Å². The van der Waals surface area contributed by atoms with Crippen molar-refractivity contribution in [2.45, 2.75) is 9.92 Å². The summed E-state index contributed by atoms with van der Waals surface area (Å²) in [6, 6.07) is 26.0. The molecule has 1 N–H and O–H groups in total. The van der Waals surface area contributed by atoms with E-state index in [-0.39, 0.29) is 5.43 Å². The van der Waals surface area contributed by atoms with Crippen LogP contribution in [-0.4, -0.2) is 19.5 Å². The first-order valence-corrected chi connectivity index (χ1v) is 10.7. The van der Waals surface area contributed by atoms with Crippen LogP contribution in [0.4, 0.5) is 0 Å². The van der Waals surface area contributed by atoms with Gasteiger partial charge in [-0.2, -0.15) is 0 Å². The monoisotopic (exact) mass is 420 g/mol. The molecule has 0 spiro atoms. The lowest BCUT2D eigenvalue weighted by Gasteiger charge is -2.07. The largest absolute Gasteiger partial charge is 0.360 e. The topological polar surface area (TPSA) is 63.6 Å². The summed E-state index contributed by atoms with van der Waals surface area (Å²) in [6.45, 7) is 0. The molecule has 0 saturated carbocycles. The molecule has 0 fully saturated rings. The molecule has 6 aromatic rings. The van der Waals surface area contributed by atoms with E-state index >= 15 is 0 Å². The first-order chi connectivity index (χ1) is 15.3. The van der Waals surface area contributed by atoms with Gasteiger partial charge >= 0.3 is 0 Å². The molecule has 0 aliphatic carbocycles. The van der Waals surface area contributed by atoms with Crippen molar-refractivity contribution in [1.29, 1.82) is 0 Å². The lowest BCUT2D eigenvalue weighted by molar-refractivity contribution is 1.08. The second-order valence-corrected chi connectivity index (χ2v) is 8.30. The van der Waals surface area contributed by atoms with Crippen LogP contribution in [0, 0.1) is 0 Å². The minimum Gasteiger partial charge on any atom is -0.360 e. The summed E-state index contributed by atoms with van der Waals surface area (Å²) < 4.78 is 2.19. The molecule has 0 aliphatic heterocycles. The van der Waals surface area contributed by atoms with Crippen LogP contribution in [0.15, 0.2) is 106 Å². The van der Waals surface area contributed by atoms with E-state index in [1.165, 1.54) is 16.8 Å². The zero-order valence-electron chi connectivity index (χ0n) is 16.3. The summed E-state index contributed by atoms with van der Waals surface area (Å²) in [5, 5.41) is 3.15. The fourth-order valence-electron chi connectivity index (χ4n) is 3.96. The van der Waals surface area contributed by atoms with Gasteiger partial charge in [0, 0.05) is 34.1 Å². The maximum atomic E-state index is 12.2. The Morgan fingerprint density at radius 1 is 0.839 bits per heavy atom.